The Bertz CT molecular complexity index is 566. The Morgan fingerprint density at radius 1 is 0.909 bits per heavy atom. The second-order valence-electron chi connectivity index (χ2n) is 4.05. The summed E-state index contributed by atoms with van der Waals surface area (Å²) in [6, 6.07) is 2.14. The molecule has 3 nitrogen and oxygen atoms in total. The molecule has 0 amide bonds. The van der Waals surface area contributed by atoms with E-state index in [9.17, 15) is 35.5 Å². The quantitative estimate of drug-likeness (QED) is 0.608. The van der Waals surface area contributed by atoms with Gasteiger partial charge in [0.15, 0.2) is 11.5 Å². The minimum absolute atomic E-state index is 0.0232. The van der Waals surface area contributed by atoms with Crippen LogP contribution < -0.4 is 9.47 Å². The molecular weight excluding hydrogens is 325 g/mol. The molecule has 0 aliphatic rings. The van der Waals surface area contributed by atoms with Crippen molar-refractivity contribution in [2.75, 3.05) is 14.2 Å². The summed E-state index contributed by atoms with van der Waals surface area (Å²) < 4.78 is 97.8. The third-order valence-electron chi connectivity index (χ3n) is 2.68. The van der Waals surface area contributed by atoms with Crippen molar-refractivity contribution in [1.29, 1.82) is 0 Å². The highest BCUT2D eigenvalue weighted by molar-refractivity contribution is 6.02. The van der Waals surface area contributed by atoms with Crippen molar-refractivity contribution in [2.45, 2.75) is 18.0 Å². The highest BCUT2D eigenvalue weighted by Gasteiger charge is 2.76. The van der Waals surface area contributed by atoms with E-state index < -0.39 is 29.4 Å². The molecule has 1 aromatic rings. The average Bonchev–Trinajstić information content (AvgIpc) is 2.44. The maximum Gasteiger partial charge on any atom is 0.460 e. The molecule has 0 spiro atoms. The SMILES string of the molecule is COc1ccc(C(=O)C(F)(F)C(F)(F)C(F)(F)F)cc1OC. The monoisotopic (exact) mass is 334 g/mol. The Balaban J connectivity index is 3.31. The molecule has 10 heteroatoms. The van der Waals surface area contributed by atoms with E-state index in [2.05, 4.69) is 4.74 Å². The van der Waals surface area contributed by atoms with Crippen LogP contribution in [0.1, 0.15) is 10.4 Å². The molecule has 0 fully saturated rings. The second-order valence-corrected chi connectivity index (χ2v) is 4.05. The van der Waals surface area contributed by atoms with E-state index >= 15 is 0 Å². The van der Waals surface area contributed by atoms with E-state index in [1.165, 1.54) is 7.11 Å². The first-order valence-electron chi connectivity index (χ1n) is 5.49. The van der Waals surface area contributed by atoms with Crippen LogP contribution in [-0.2, 0) is 0 Å². The van der Waals surface area contributed by atoms with Crippen molar-refractivity contribution in [2.24, 2.45) is 0 Å². The van der Waals surface area contributed by atoms with Crippen LogP contribution >= 0.6 is 0 Å². The normalized spacial score (nSPS) is 13.0. The van der Waals surface area contributed by atoms with E-state index in [1.807, 2.05) is 0 Å². The first-order valence-corrected chi connectivity index (χ1v) is 5.49. The standard InChI is InChI=1S/C12H9F7O3/c1-21-7-4-3-6(5-8(7)22-2)9(20)10(13,14)11(15,16)12(17,18)19/h3-5H,1-2H3. The highest BCUT2D eigenvalue weighted by atomic mass is 19.4. The largest absolute Gasteiger partial charge is 0.493 e. The van der Waals surface area contributed by atoms with Gasteiger partial charge in [0, 0.05) is 5.56 Å². The van der Waals surface area contributed by atoms with Crippen LogP contribution in [0, 0.1) is 0 Å². The van der Waals surface area contributed by atoms with Gasteiger partial charge in [0.25, 0.3) is 0 Å². The molecule has 1 aromatic carbocycles. The summed E-state index contributed by atoms with van der Waals surface area (Å²) in [6.45, 7) is 0. The Morgan fingerprint density at radius 3 is 1.82 bits per heavy atom. The summed E-state index contributed by atoms with van der Waals surface area (Å²) in [7, 11) is 2.24. The molecule has 0 atom stereocenters. The van der Waals surface area contributed by atoms with Gasteiger partial charge in [-0.05, 0) is 18.2 Å². The molecule has 0 unspecified atom stereocenters. The van der Waals surface area contributed by atoms with Crippen LogP contribution in [0.25, 0.3) is 0 Å². The fraction of sp³-hybridized carbons (Fsp3) is 0.417. The molecule has 0 bridgehead atoms. The summed E-state index contributed by atoms with van der Waals surface area (Å²) in [6.07, 6.45) is -6.58. The van der Waals surface area contributed by atoms with Crippen LogP contribution in [0.15, 0.2) is 18.2 Å². The van der Waals surface area contributed by atoms with E-state index in [0.29, 0.717) is 12.1 Å². The lowest BCUT2D eigenvalue weighted by atomic mass is 9.99. The molecule has 124 valence electrons. The third kappa shape index (κ3) is 2.81. The summed E-state index contributed by atoms with van der Waals surface area (Å²) in [5.41, 5.74) is -1.08. The summed E-state index contributed by atoms with van der Waals surface area (Å²) in [5, 5.41) is 0. The first-order chi connectivity index (χ1) is 9.90. The predicted molar refractivity (Wildman–Crippen MR) is 59.8 cm³/mol. The number of rotatable bonds is 5. The van der Waals surface area contributed by atoms with Crippen LogP contribution in [0.4, 0.5) is 30.7 Å². The zero-order valence-electron chi connectivity index (χ0n) is 11.1. The Kier molecular flexibility index (Phi) is 4.64. The Morgan fingerprint density at radius 2 is 1.41 bits per heavy atom. The number of Topliss-reactive ketones (excluding diaryl/α,β-unsaturated/α-hetero) is 1. The van der Waals surface area contributed by atoms with Gasteiger partial charge in [-0.1, -0.05) is 0 Å². The third-order valence-corrected chi connectivity index (χ3v) is 2.68. The summed E-state index contributed by atoms with van der Waals surface area (Å²) in [5.74, 6) is -15.5. The topological polar surface area (TPSA) is 35.5 Å². The van der Waals surface area contributed by atoms with Crippen molar-refractivity contribution < 1.29 is 45.0 Å². The lowest BCUT2D eigenvalue weighted by Crippen LogP contribution is -2.56. The van der Waals surface area contributed by atoms with Crippen molar-refractivity contribution >= 4 is 5.78 Å². The summed E-state index contributed by atoms with van der Waals surface area (Å²) >= 11 is 0. The van der Waals surface area contributed by atoms with Crippen molar-refractivity contribution in [3.63, 3.8) is 0 Å². The number of methoxy groups -OCH3 is 2. The molecule has 0 aliphatic carbocycles. The zero-order valence-corrected chi connectivity index (χ0v) is 11.1. The molecule has 22 heavy (non-hydrogen) atoms. The van der Waals surface area contributed by atoms with Crippen LogP contribution in [0.5, 0.6) is 11.5 Å². The first kappa shape index (κ1) is 18.1. The minimum Gasteiger partial charge on any atom is -0.493 e. The van der Waals surface area contributed by atoms with Gasteiger partial charge in [0.1, 0.15) is 0 Å². The molecule has 0 saturated carbocycles. The number of carbonyl (C=O) groups excluding carboxylic acids is 1. The second kappa shape index (κ2) is 5.65. The van der Waals surface area contributed by atoms with Gasteiger partial charge in [-0.3, -0.25) is 4.79 Å². The minimum atomic E-state index is -6.58. The van der Waals surface area contributed by atoms with Crippen molar-refractivity contribution in [3.8, 4) is 11.5 Å². The van der Waals surface area contributed by atoms with E-state index in [1.54, 1.807) is 0 Å². The van der Waals surface area contributed by atoms with Gasteiger partial charge >= 0.3 is 18.0 Å². The Labute approximate surface area is 119 Å². The maximum atomic E-state index is 13.3. The highest BCUT2D eigenvalue weighted by Crippen LogP contribution is 2.48. The van der Waals surface area contributed by atoms with Crippen LogP contribution in [0.3, 0.4) is 0 Å². The van der Waals surface area contributed by atoms with Crippen molar-refractivity contribution in [1.82, 2.24) is 0 Å². The van der Waals surface area contributed by atoms with Gasteiger partial charge < -0.3 is 9.47 Å². The van der Waals surface area contributed by atoms with Gasteiger partial charge in [0.2, 0.25) is 5.78 Å². The van der Waals surface area contributed by atoms with Crippen LogP contribution in [0.2, 0.25) is 0 Å². The molecule has 0 aromatic heterocycles. The fourth-order valence-electron chi connectivity index (χ4n) is 1.48. The number of hydrogen-bond acceptors (Lipinski definition) is 3. The summed E-state index contributed by atoms with van der Waals surface area (Å²) in [4.78, 5) is 11.4. The number of ether oxygens (including phenoxy) is 2. The molecular formula is C12H9F7O3. The number of ketones is 1. The van der Waals surface area contributed by atoms with Gasteiger partial charge in [-0.25, -0.2) is 0 Å². The van der Waals surface area contributed by atoms with E-state index in [4.69, 9.17) is 4.74 Å². The lowest BCUT2D eigenvalue weighted by molar-refractivity contribution is -0.339. The predicted octanol–water partition coefficient (Wildman–Crippen LogP) is 3.72. The molecule has 0 saturated heterocycles. The molecule has 0 N–H and O–H groups in total. The molecule has 1 rings (SSSR count). The molecule has 0 heterocycles. The number of halogens is 7. The van der Waals surface area contributed by atoms with Gasteiger partial charge in [0.05, 0.1) is 14.2 Å². The smallest absolute Gasteiger partial charge is 0.460 e. The zero-order chi connectivity index (χ0) is 17.3. The molecule has 0 radical (unpaired) electrons. The lowest BCUT2D eigenvalue weighted by Gasteiger charge is -2.27. The number of hydrogen-bond donors (Lipinski definition) is 0. The van der Waals surface area contributed by atoms with Crippen molar-refractivity contribution in [3.05, 3.63) is 23.8 Å². The van der Waals surface area contributed by atoms with E-state index in [-0.39, 0.29) is 11.5 Å². The van der Waals surface area contributed by atoms with Crippen LogP contribution in [-0.4, -0.2) is 38.0 Å². The van der Waals surface area contributed by atoms with E-state index in [0.717, 1.165) is 13.2 Å². The number of benzene rings is 1. The number of alkyl halides is 7. The van der Waals surface area contributed by atoms with Gasteiger partial charge in [-0.15, -0.1) is 0 Å². The average molecular weight is 334 g/mol. The van der Waals surface area contributed by atoms with Gasteiger partial charge in [-0.2, -0.15) is 30.7 Å². The molecule has 0 aliphatic heterocycles. The maximum absolute atomic E-state index is 13.3. The fourth-order valence-corrected chi connectivity index (χ4v) is 1.48. The Hall–Kier alpha value is -2.00. The number of carbonyl (C=O) groups is 1.